The molecule has 2 aliphatic carbocycles. The lowest BCUT2D eigenvalue weighted by Gasteiger charge is -2.18. The smallest absolute Gasteiger partial charge is 0.233 e. The van der Waals surface area contributed by atoms with E-state index in [4.69, 9.17) is 4.74 Å². The molecular formula is C21H27N5O3. The zero-order chi connectivity index (χ0) is 20.4. The van der Waals surface area contributed by atoms with Crippen LogP contribution in [0.4, 0.5) is 0 Å². The number of guanidine groups is 1. The fourth-order valence-electron chi connectivity index (χ4n) is 4.63. The molecule has 0 aromatic carbocycles. The zero-order valence-electron chi connectivity index (χ0n) is 16.8. The second kappa shape index (κ2) is 8.23. The van der Waals surface area contributed by atoms with Crippen molar-refractivity contribution in [1.29, 1.82) is 0 Å². The average Bonchev–Trinajstić information content (AvgIpc) is 3.41. The Bertz CT molecular complexity index is 822. The number of fused-ring (bicyclic) bond motifs is 5. The summed E-state index contributed by atoms with van der Waals surface area (Å²) in [5, 5.41) is 6.38. The first kappa shape index (κ1) is 19.4. The summed E-state index contributed by atoms with van der Waals surface area (Å²) in [4.78, 5) is 35.8. The van der Waals surface area contributed by atoms with Gasteiger partial charge in [-0.05, 0) is 31.2 Å². The van der Waals surface area contributed by atoms with Gasteiger partial charge in [0.05, 0.1) is 31.2 Å². The molecule has 1 saturated heterocycles. The number of amides is 2. The third kappa shape index (κ3) is 3.71. The molecule has 4 rings (SSSR count). The summed E-state index contributed by atoms with van der Waals surface area (Å²) in [7, 11) is 1.58. The van der Waals surface area contributed by atoms with Crippen molar-refractivity contribution in [2.24, 2.45) is 28.7 Å². The third-order valence-electron chi connectivity index (χ3n) is 5.92. The van der Waals surface area contributed by atoms with E-state index in [2.05, 4.69) is 32.8 Å². The van der Waals surface area contributed by atoms with Gasteiger partial charge in [0, 0.05) is 25.7 Å². The average molecular weight is 397 g/mol. The van der Waals surface area contributed by atoms with Crippen molar-refractivity contribution < 1.29 is 14.3 Å². The van der Waals surface area contributed by atoms with E-state index in [1.807, 2.05) is 19.1 Å². The first-order chi connectivity index (χ1) is 14.1. The highest BCUT2D eigenvalue weighted by Gasteiger charge is 2.58. The van der Waals surface area contributed by atoms with Gasteiger partial charge in [-0.1, -0.05) is 18.2 Å². The highest BCUT2D eigenvalue weighted by Crippen LogP contribution is 2.52. The Morgan fingerprint density at radius 2 is 1.93 bits per heavy atom. The lowest BCUT2D eigenvalue weighted by atomic mass is 9.85. The van der Waals surface area contributed by atoms with Gasteiger partial charge in [-0.25, -0.2) is 9.98 Å². The molecule has 2 bridgehead atoms. The summed E-state index contributed by atoms with van der Waals surface area (Å²) in [5.41, 5.74) is 0.794. The van der Waals surface area contributed by atoms with Gasteiger partial charge in [0.1, 0.15) is 0 Å². The predicted molar refractivity (Wildman–Crippen MR) is 108 cm³/mol. The number of aliphatic imine (C=N–C) groups is 1. The molecule has 1 saturated carbocycles. The summed E-state index contributed by atoms with van der Waals surface area (Å²) in [6.45, 7) is 3.90. The molecule has 3 aliphatic rings. The molecule has 2 fully saturated rings. The lowest BCUT2D eigenvalue weighted by molar-refractivity contribution is -0.140. The van der Waals surface area contributed by atoms with E-state index in [9.17, 15) is 9.59 Å². The van der Waals surface area contributed by atoms with Gasteiger partial charge in [-0.3, -0.25) is 14.5 Å². The van der Waals surface area contributed by atoms with E-state index in [1.54, 1.807) is 13.2 Å². The molecule has 8 heteroatoms. The molecule has 1 aliphatic heterocycles. The highest BCUT2D eigenvalue weighted by atomic mass is 16.5. The Kier molecular flexibility index (Phi) is 5.51. The minimum atomic E-state index is -0.140. The van der Waals surface area contributed by atoms with Crippen molar-refractivity contribution in [3.8, 4) is 5.88 Å². The molecule has 1 aromatic heterocycles. The Morgan fingerprint density at radius 3 is 2.59 bits per heavy atom. The Labute approximate surface area is 170 Å². The molecule has 2 heterocycles. The summed E-state index contributed by atoms with van der Waals surface area (Å²) in [6, 6.07) is 5.55. The number of nitrogens with one attached hydrogen (secondary N) is 2. The number of hydrogen-bond acceptors (Lipinski definition) is 5. The van der Waals surface area contributed by atoms with Crippen LogP contribution in [-0.4, -0.2) is 54.4 Å². The van der Waals surface area contributed by atoms with Gasteiger partial charge >= 0.3 is 0 Å². The monoisotopic (exact) mass is 397 g/mol. The van der Waals surface area contributed by atoms with Gasteiger partial charge in [0.15, 0.2) is 5.96 Å². The number of aromatic nitrogens is 1. The maximum absolute atomic E-state index is 12.7. The van der Waals surface area contributed by atoms with E-state index in [0.29, 0.717) is 38.0 Å². The van der Waals surface area contributed by atoms with Crippen LogP contribution in [0.5, 0.6) is 5.88 Å². The molecule has 4 atom stereocenters. The Morgan fingerprint density at radius 1 is 1.21 bits per heavy atom. The largest absolute Gasteiger partial charge is 0.481 e. The van der Waals surface area contributed by atoms with Crippen molar-refractivity contribution in [3.05, 3.63) is 36.0 Å². The van der Waals surface area contributed by atoms with E-state index in [-0.39, 0.29) is 35.5 Å². The number of rotatable bonds is 7. The van der Waals surface area contributed by atoms with Crippen LogP contribution >= 0.6 is 0 Å². The third-order valence-corrected chi connectivity index (χ3v) is 5.92. The number of pyridine rings is 1. The zero-order valence-corrected chi connectivity index (χ0v) is 16.8. The fraction of sp³-hybridized carbons (Fsp3) is 0.524. The summed E-state index contributed by atoms with van der Waals surface area (Å²) in [5.74, 6) is 1.36. The van der Waals surface area contributed by atoms with Gasteiger partial charge in [-0.15, -0.1) is 0 Å². The van der Waals surface area contributed by atoms with Crippen molar-refractivity contribution >= 4 is 17.8 Å². The van der Waals surface area contributed by atoms with Crippen LogP contribution in [0.25, 0.3) is 0 Å². The fourth-order valence-corrected chi connectivity index (χ4v) is 4.63. The maximum Gasteiger partial charge on any atom is 0.233 e. The molecule has 2 N–H and O–H groups in total. The second-order valence-corrected chi connectivity index (χ2v) is 7.62. The van der Waals surface area contributed by atoms with Crippen LogP contribution in [0, 0.1) is 23.7 Å². The number of allylic oxidation sites excluding steroid dienone is 2. The molecule has 29 heavy (non-hydrogen) atoms. The molecule has 154 valence electrons. The van der Waals surface area contributed by atoms with Gasteiger partial charge in [0.25, 0.3) is 0 Å². The first-order valence-electron chi connectivity index (χ1n) is 10.2. The Balaban J connectivity index is 1.33. The van der Waals surface area contributed by atoms with Gasteiger partial charge < -0.3 is 15.4 Å². The normalized spacial score (nSPS) is 27.5. The van der Waals surface area contributed by atoms with Crippen molar-refractivity contribution in [2.45, 2.75) is 19.9 Å². The molecule has 0 radical (unpaired) electrons. The number of carbonyl (C=O) groups is 2. The van der Waals surface area contributed by atoms with Crippen LogP contribution in [0.3, 0.4) is 0 Å². The number of likely N-dealkylation sites (tertiary alicyclic amines) is 1. The van der Waals surface area contributed by atoms with Crippen LogP contribution in [-0.2, 0) is 16.1 Å². The number of imide groups is 1. The van der Waals surface area contributed by atoms with Crippen molar-refractivity contribution in [3.63, 3.8) is 0 Å². The van der Waals surface area contributed by atoms with E-state index < -0.39 is 0 Å². The van der Waals surface area contributed by atoms with Crippen LogP contribution < -0.4 is 15.4 Å². The second-order valence-electron chi connectivity index (χ2n) is 7.62. The summed E-state index contributed by atoms with van der Waals surface area (Å²) >= 11 is 0. The van der Waals surface area contributed by atoms with E-state index in [0.717, 1.165) is 12.1 Å². The summed E-state index contributed by atoms with van der Waals surface area (Å²) in [6.07, 6.45) is 5.18. The standard InChI is InChI=1S/C21H27N5O3/c1-3-22-21(24-12-15-5-4-6-16(25-15)29-2)23-9-10-26-19(27)17-13-7-8-14(11-13)18(17)20(26)28/h4-8,13-14,17-18H,3,9-12H2,1-2H3,(H2,22,23,24). The number of carbonyl (C=O) groups excluding carboxylic acids is 2. The van der Waals surface area contributed by atoms with Crippen molar-refractivity contribution in [2.75, 3.05) is 26.7 Å². The Hall–Kier alpha value is -2.90. The van der Waals surface area contributed by atoms with Crippen LogP contribution in [0.15, 0.2) is 35.3 Å². The van der Waals surface area contributed by atoms with Crippen LogP contribution in [0.1, 0.15) is 19.0 Å². The molecule has 1 aromatic rings. The SMILES string of the molecule is CCNC(=NCc1cccc(OC)n1)NCCN1C(=O)C2C3C=CC(C3)C2C1=O. The van der Waals surface area contributed by atoms with Crippen LogP contribution in [0.2, 0.25) is 0 Å². The maximum atomic E-state index is 12.7. The van der Waals surface area contributed by atoms with E-state index >= 15 is 0 Å². The number of ether oxygens (including phenoxy) is 1. The quantitative estimate of drug-likeness (QED) is 0.308. The predicted octanol–water partition coefficient (Wildman–Crippen LogP) is 0.952. The van der Waals surface area contributed by atoms with E-state index in [1.165, 1.54) is 4.90 Å². The van der Waals surface area contributed by atoms with Gasteiger partial charge in [-0.2, -0.15) is 0 Å². The molecule has 2 amide bonds. The lowest BCUT2D eigenvalue weighted by Crippen LogP contribution is -2.43. The number of hydrogen-bond donors (Lipinski definition) is 2. The van der Waals surface area contributed by atoms with Gasteiger partial charge in [0.2, 0.25) is 17.7 Å². The first-order valence-corrected chi connectivity index (χ1v) is 10.2. The van der Waals surface area contributed by atoms with Crippen molar-refractivity contribution in [1.82, 2.24) is 20.5 Å². The molecular weight excluding hydrogens is 370 g/mol. The highest BCUT2D eigenvalue weighted by molar-refractivity contribution is 6.06. The molecule has 4 unspecified atom stereocenters. The molecule has 8 nitrogen and oxygen atoms in total. The number of methoxy groups -OCH3 is 1. The topological polar surface area (TPSA) is 95.9 Å². The minimum Gasteiger partial charge on any atom is -0.481 e. The molecule has 0 spiro atoms. The minimum absolute atomic E-state index is 0.0128. The number of nitrogens with zero attached hydrogens (tertiary/aromatic N) is 3. The summed E-state index contributed by atoms with van der Waals surface area (Å²) < 4.78 is 5.14.